The van der Waals surface area contributed by atoms with Crippen LogP contribution in [0.25, 0.3) is 0 Å². The SMILES string of the molecule is CC(=O)O[C@H]1CC[C@]2(C)[C@H]3CC[C@]4(C)[C@@H](c5cccc(=O)o5)CC[C@H]4[C@@H]3C[C@H](OC(C)=O)[C@@H]2C1. The van der Waals surface area contributed by atoms with Gasteiger partial charge in [-0.1, -0.05) is 19.9 Å². The first kappa shape index (κ1) is 23.6. The van der Waals surface area contributed by atoms with Gasteiger partial charge in [0.05, 0.1) is 0 Å². The second-order valence-corrected chi connectivity index (χ2v) is 11.9. The molecule has 1 aromatic rings. The molecule has 1 aromatic heterocycles. The zero-order valence-corrected chi connectivity index (χ0v) is 20.9. The maximum absolute atomic E-state index is 12.1. The molecule has 0 aliphatic heterocycles. The second-order valence-electron chi connectivity index (χ2n) is 11.9. The van der Waals surface area contributed by atoms with E-state index < -0.39 is 0 Å². The van der Waals surface area contributed by atoms with E-state index in [1.54, 1.807) is 0 Å². The molecule has 0 saturated heterocycles. The number of rotatable bonds is 3. The summed E-state index contributed by atoms with van der Waals surface area (Å²) in [5, 5.41) is 0. The van der Waals surface area contributed by atoms with E-state index in [2.05, 4.69) is 13.8 Å². The summed E-state index contributed by atoms with van der Waals surface area (Å²) < 4.78 is 17.3. The minimum absolute atomic E-state index is 0.0679. The third-order valence-electron chi connectivity index (χ3n) is 10.3. The summed E-state index contributed by atoms with van der Waals surface area (Å²) in [5.74, 6) is 2.41. The minimum atomic E-state index is -0.272. The summed E-state index contributed by atoms with van der Waals surface area (Å²) in [4.78, 5) is 35.7. The van der Waals surface area contributed by atoms with Crippen LogP contribution in [0.3, 0.4) is 0 Å². The number of ether oxygens (including phenoxy) is 2. The van der Waals surface area contributed by atoms with Gasteiger partial charge in [-0.25, -0.2) is 4.79 Å². The lowest BCUT2D eigenvalue weighted by atomic mass is 9.44. The second kappa shape index (κ2) is 8.53. The summed E-state index contributed by atoms with van der Waals surface area (Å²) in [6.07, 6.45) is 7.71. The Morgan fingerprint density at radius 1 is 0.882 bits per heavy atom. The summed E-state index contributed by atoms with van der Waals surface area (Å²) in [5.41, 5.74) is -0.124. The van der Waals surface area contributed by atoms with Gasteiger partial charge in [0, 0.05) is 31.7 Å². The van der Waals surface area contributed by atoms with Crippen LogP contribution in [0.1, 0.15) is 90.7 Å². The Labute approximate surface area is 201 Å². The molecule has 34 heavy (non-hydrogen) atoms. The van der Waals surface area contributed by atoms with Crippen LogP contribution in [0.15, 0.2) is 27.4 Å². The first-order valence-corrected chi connectivity index (χ1v) is 13.1. The molecular formula is C28H38O6. The van der Waals surface area contributed by atoms with Gasteiger partial charge >= 0.3 is 17.6 Å². The van der Waals surface area contributed by atoms with Gasteiger partial charge in [0.15, 0.2) is 0 Å². The van der Waals surface area contributed by atoms with E-state index in [1.807, 2.05) is 12.1 Å². The first-order valence-electron chi connectivity index (χ1n) is 13.1. The van der Waals surface area contributed by atoms with Crippen LogP contribution >= 0.6 is 0 Å². The highest BCUT2D eigenvalue weighted by molar-refractivity contribution is 5.66. The lowest BCUT2D eigenvalue weighted by molar-refractivity contribution is -0.195. The van der Waals surface area contributed by atoms with E-state index in [-0.39, 0.29) is 52.4 Å². The molecule has 0 bridgehead atoms. The fourth-order valence-corrected chi connectivity index (χ4v) is 8.98. The number of hydrogen-bond acceptors (Lipinski definition) is 6. The van der Waals surface area contributed by atoms with Gasteiger partial charge in [-0.3, -0.25) is 9.59 Å². The number of carbonyl (C=O) groups excluding carboxylic acids is 2. The van der Waals surface area contributed by atoms with Crippen LogP contribution in [-0.4, -0.2) is 24.1 Å². The highest BCUT2D eigenvalue weighted by atomic mass is 16.5. The van der Waals surface area contributed by atoms with Crippen LogP contribution < -0.4 is 5.63 Å². The molecule has 6 nitrogen and oxygen atoms in total. The predicted octanol–water partition coefficient (Wildman–Crippen LogP) is 5.24. The van der Waals surface area contributed by atoms with Crippen molar-refractivity contribution in [1.82, 2.24) is 0 Å². The van der Waals surface area contributed by atoms with Crippen LogP contribution in [-0.2, 0) is 19.1 Å². The molecule has 6 heteroatoms. The highest BCUT2D eigenvalue weighted by Gasteiger charge is 2.63. The van der Waals surface area contributed by atoms with Gasteiger partial charge in [-0.15, -0.1) is 0 Å². The Morgan fingerprint density at radius 2 is 1.59 bits per heavy atom. The molecule has 4 aliphatic carbocycles. The zero-order chi connectivity index (χ0) is 24.3. The largest absolute Gasteiger partial charge is 0.463 e. The molecule has 0 aromatic carbocycles. The lowest BCUT2D eigenvalue weighted by Crippen LogP contribution is -2.59. The van der Waals surface area contributed by atoms with Crippen molar-refractivity contribution in [3.8, 4) is 0 Å². The van der Waals surface area contributed by atoms with Crippen molar-refractivity contribution in [2.45, 2.75) is 97.2 Å². The fourth-order valence-electron chi connectivity index (χ4n) is 8.98. The van der Waals surface area contributed by atoms with E-state index in [4.69, 9.17) is 13.9 Å². The normalized spacial score (nSPS) is 43.2. The Morgan fingerprint density at radius 3 is 2.29 bits per heavy atom. The Balaban J connectivity index is 1.45. The Kier molecular flexibility index (Phi) is 5.92. The molecule has 0 radical (unpaired) electrons. The number of hydrogen-bond donors (Lipinski definition) is 0. The van der Waals surface area contributed by atoms with Gasteiger partial charge in [0.1, 0.15) is 18.0 Å². The van der Waals surface area contributed by atoms with Gasteiger partial charge in [-0.2, -0.15) is 0 Å². The molecule has 1 heterocycles. The van der Waals surface area contributed by atoms with Crippen molar-refractivity contribution in [3.63, 3.8) is 0 Å². The molecule has 186 valence electrons. The van der Waals surface area contributed by atoms with Crippen molar-refractivity contribution in [2.24, 2.45) is 34.5 Å². The molecule has 4 fully saturated rings. The van der Waals surface area contributed by atoms with Crippen LogP contribution in [0, 0.1) is 34.5 Å². The van der Waals surface area contributed by atoms with Crippen molar-refractivity contribution >= 4 is 11.9 Å². The molecule has 4 aliphatic rings. The first-order chi connectivity index (χ1) is 16.1. The molecule has 5 rings (SSSR count). The van der Waals surface area contributed by atoms with E-state index in [0.29, 0.717) is 17.8 Å². The smallest absolute Gasteiger partial charge is 0.335 e. The van der Waals surface area contributed by atoms with Gasteiger partial charge < -0.3 is 13.9 Å². The van der Waals surface area contributed by atoms with Gasteiger partial charge in [-0.05, 0) is 86.0 Å². The fraction of sp³-hybridized carbons (Fsp3) is 0.750. The van der Waals surface area contributed by atoms with Crippen LogP contribution in [0.4, 0.5) is 0 Å². The van der Waals surface area contributed by atoms with E-state index in [1.165, 1.54) is 19.9 Å². The van der Waals surface area contributed by atoms with E-state index >= 15 is 0 Å². The minimum Gasteiger partial charge on any atom is -0.463 e. The van der Waals surface area contributed by atoms with Crippen molar-refractivity contribution < 1.29 is 23.5 Å². The highest BCUT2D eigenvalue weighted by Crippen LogP contribution is 2.69. The summed E-state index contributed by atoms with van der Waals surface area (Å²) >= 11 is 0. The van der Waals surface area contributed by atoms with E-state index in [9.17, 15) is 14.4 Å². The Bertz CT molecular complexity index is 1010. The van der Waals surface area contributed by atoms with Crippen molar-refractivity contribution in [3.05, 3.63) is 34.4 Å². The van der Waals surface area contributed by atoms with E-state index in [0.717, 1.165) is 57.1 Å². The molecule has 4 saturated carbocycles. The quantitative estimate of drug-likeness (QED) is 0.562. The zero-order valence-electron chi connectivity index (χ0n) is 20.9. The number of esters is 2. The summed E-state index contributed by atoms with van der Waals surface area (Å²) in [6, 6.07) is 5.27. The predicted molar refractivity (Wildman–Crippen MR) is 126 cm³/mol. The maximum atomic E-state index is 12.1. The molecular weight excluding hydrogens is 432 g/mol. The summed E-state index contributed by atoms with van der Waals surface area (Å²) in [7, 11) is 0. The average molecular weight is 471 g/mol. The lowest BCUT2D eigenvalue weighted by Gasteiger charge is -2.62. The summed E-state index contributed by atoms with van der Waals surface area (Å²) in [6.45, 7) is 7.77. The topological polar surface area (TPSA) is 82.8 Å². The third-order valence-corrected chi connectivity index (χ3v) is 10.3. The number of carbonyl (C=O) groups is 2. The number of fused-ring (bicyclic) bond motifs is 5. The third kappa shape index (κ3) is 3.81. The van der Waals surface area contributed by atoms with Crippen LogP contribution in [0.2, 0.25) is 0 Å². The molecule has 0 unspecified atom stereocenters. The Hall–Kier alpha value is -2.11. The van der Waals surface area contributed by atoms with Gasteiger partial charge in [0.2, 0.25) is 0 Å². The van der Waals surface area contributed by atoms with Crippen LogP contribution in [0.5, 0.6) is 0 Å². The molecule has 0 amide bonds. The van der Waals surface area contributed by atoms with Crippen molar-refractivity contribution in [1.29, 1.82) is 0 Å². The molecule has 9 atom stereocenters. The monoisotopic (exact) mass is 470 g/mol. The molecule has 0 spiro atoms. The molecule has 0 N–H and O–H groups in total. The standard InChI is InChI=1S/C28H38O6/c1-16(29)32-18-10-12-28(4)21-11-13-27(3)20(8-9-22(27)24-6-5-7-26(31)34-24)19(21)15-25(23(28)14-18)33-17(2)30/h5-7,18-23,25H,8-15H2,1-4H3/t18-,19-,20-,21-,22+,23-,25-,27-,28+/m0/s1. The average Bonchev–Trinajstić information content (AvgIpc) is 3.11. The van der Waals surface area contributed by atoms with Crippen molar-refractivity contribution in [2.75, 3.05) is 0 Å². The van der Waals surface area contributed by atoms with Gasteiger partial charge in [0.25, 0.3) is 0 Å². The maximum Gasteiger partial charge on any atom is 0.335 e.